The first kappa shape index (κ1) is 18.4. The number of hydrogen-bond acceptors (Lipinski definition) is 4. The first-order chi connectivity index (χ1) is 12.5. The highest BCUT2D eigenvalue weighted by atomic mass is 32.2. The number of para-hydroxylation sites is 1. The molecule has 138 valence electrons. The van der Waals surface area contributed by atoms with Gasteiger partial charge in [0.1, 0.15) is 6.10 Å². The lowest BCUT2D eigenvalue weighted by atomic mass is 9.94. The molecule has 0 heterocycles. The Hall–Kier alpha value is -2.38. The summed E-state index contributed by atoms with van der Waals surface area (Å²) < 4.78 is 33.1. The molecular weight excluding hydrogens is 352 g/mol. The average molecular weight is 374 g/mol. The number of carbonyl (C=O) groups excluding carboxylic acids is 1. The van der Waals surface area contributed by atoms with Crippen LogP contribution in [0.5, 0.6) is 0 Å². The standard InChI is InChI=1S/C19H22N2O4S/c22-19(20-15-8-3-1-4-9-15)25-17-11-7-10-16(14-17)21-26(23,24)18-12-5-2-6-13-18/h1-6,8-9,12-13,16-17,21H,7,10-11,14H2,(H,20,22). The molecule has 2 aromatic carbocycles. The molecule has 1 saturated carbocycles. The minimum atomic E-state index is -3.57. The molecule has 2 atom stereocenters. The van der Waals surface area contributed by atoms with Crippen LogP contribution in [0.2, 0.25) is 0 Å². The molecule has 2 unspecified atom stereocenters. The van der Waals surface area contributed by atoms with Crippen molar-refractivity contribution in [2.75, 3.05) is 5.32 Å². The lowest BCUT2D eigenvalue weighted by molar-refractivity contribution is 0.0793. The molecule has 7 heteroatoms. The fraction of sp³-hybridized carbons (Fsp3) is 0.316. The maximum absolute atomic E-state index is 12.4. The Morgan fingerprint density at radius 1 is 0.962 bits per heavy atom. The van der Waals surface area contributed by atoms with Crippen molar-refractivity contribution < 1.29 is 17.9 Å². The zero-order valence-corrected chi connectivity index (χ0v) is 15.1. The van der Waals surface area contributed by atoms with Gasteiger partial charge in [0.15, 0.2) is 0 Å². The first-order valence-electron chi connectivity index (χ1n) is 8.63. The summed E-state index contributed by atoms with van der Waals surface area (Å²) in [6.45, 7) is 0. The number of anilines is 1. The van der Waals surface area contributed by atoms with Gasteiger partial charge in [0, 0.05) is 18.2 Å². The third-order valence-electron chi connectivity index (χ3n) is 4.30. The number of hydrogen-bond donors (Lipinski definition) is 2. The number of nitrogens with one attached hydrogen (secondary N) is 2. The number of ether oxygens (including phenoxy) is 1. The van der Waals surface area contributed by atoms with Crippen molar-refractivity contribution in [2.45, 2.75) is 42.7 Å². The van der Waals surface area contributed by atoms with E-state index in [1.165, 1.54) is 0 Å². The molecule has 0 bridgehead atoms. The summed E-state index contributed by atoms with van der Waals surface area (Å²) in [5.74, 6) is 0. The van der Waals surface area contributed by atoms with Crippen molar-refractivity contribution in [3.63, 3.8) is 0 Å². The van der Waals surface area contributed by atoms with Gasteiger partial charge in [-0.25, -0.2) is 17.9 Å². The smallest absolute Gasteiger partial charge is 0.411 e. The van der Waals surface area contributed by atoms with E-state index >= 15 is 0 Å². The Bertz CT molecular complexity index is 825. The van der Waals surface area contributed by atoms with Crippen LogP contribution in [0.4, 0.5) is 10.5 Å². The fourth-order valence-corrected chi connectivity index (χ4v) is 4.37. The highest BCUT2D eigenvalue weighted by molar-refractivity contribution is 7.89. The number of rotatable bonds is 5. The molecule has 26 heavy (non-hydrogen) atoms. The molecule has 0 saturated heterocycles. The maximum Gasteiger partial charge on any atom is 0.411 e. The highest BCUT2D eigenvalue weighted by Gasteiger charge is 2.28. The Morgan fingerprint density at radius 3 is 2.31 bits per heavy atom. The minimum Gasteiger partial charge on any atom is -0.446 e. The van der Waals surface area contributed by atoms with Gasteiger partial charge in [0.05, 0.1) is 4.90 Å². The van der Waals surface area contributed by atoms with Gasteiger partial charge in [-0.3, -0.25) is 5.32 Å². The number of benzene rings is 2. The summed E-state index contributed by atoms with van der Waals surface area (Å²) in [6.07, 6.45) is 1.89. The van der Waals surface area contributed by atoms with Crippen LogP contribution >= 0.6 is 0 Å². The number of amides is 1. The van der Waals surface area contributed by atoms with Crippen LogP contribution in [0.25, 0.3) is 0 Å². The predicted molar refractivity (Wildman–Crippen MR) is 99.4 cm³/mol. The summed E-state index contributed by atoms with van der Waals surface area (Å²) in [4.78, 5) is 12.3. The molecule has 1 amide bonds. The van der Waals surface area contributed by atoms with E-state index in [-0.39, 0.29) is 17.0 Å². The van der Waals surface area contributed by atoms with Gasteiger partial charge in [0.25, 0.3) is 0 Å². The zero-order valence-electron chi connectivity index (χ0n) is 14.3. The molecule has 1 aliphatic carbocycles. The highest BCUT2D eigenvalue weighted by Crippen LogP contribution is 2.23. The van der Waals surface area contributed by atoms with Gasteiger partial charge in [-0.05, 0) is 43.5 Å². The Morgan fingerprint density at radius 2 is 1.62 bits per heavy atom. The lowest BCUT2D eigenvalue weighted by Gasteiger charge is -2.29. The van der Waals surface area contributed by atoms with Crippen molar-refractivity contribution in [2.24, 2.45) is 0 Å². The molecule has 3 rings (SSSR count). The summed E-state index contributed by atoms with van der Waals surface area (Å²) in [5, 5.41) is 2.68. The molecule has 0 aromatic heterocycles. The van der Waals surface area contributed by atoms with Crippen LogP contribution in [-0.4, -0.2) is 26.7 Å². The van der Waals surface area contributed by atoms with E-state index in [1.54, 1.807) is 42.5 Å². The van der Waals surface area contributed by atoms with Gasteiger partial charge >= 0.3 is 6.09 Å². The number of sulfonamides is 1. The molecule has 1 fully saturated rings. The zero-order chi connectivity index (χ0) is 18.4. The molecule has 2 aromatic rings. The Balaban J connectivity index is 1.55. The second-order valence-corrected chi connectivity index (χ2v) is 8.03. The van der Waals surface area contributed by atoms with E-state index in [4.69, 9.17) is 4.74 Å². The first-order valence-corrected chi connectivity index (χ1v) is 10.1. The van der Waals surface area contributed by atoms with Gasteiger partial charge in [-0.15, -0.1) is 0 Å². The molecule has 0 spiro atoms. The predicted octanol–water partition coefficient (Wildman–Crippen LogP) is 3.52. The van der Waals surface area contributed by atoms with E-state index < -0.39 is 16.1 Å². The van der Waals surface area contributed by atoms with E-state index in [0.717, 1.165) is 19.3 Å². The van der Waals surface area contributed by atoms with E-state index in [2.05, 4.69) is 10.0 Å². The van der Waals surface area contributed by atoms with Gasteiger partial charge in [-0.1, -0.05) is 36.4 Å². The quantitative estimate of drug-likeness (QED) is 0.838. The third-order valence-corrected chi connectivity index (χ3v) is 5.83. The lowest BCUT2D eigenvalue weighted by Crippen LogP contribution is -2.41. The number of carbonyl (C=O) groups is 1. The molecule has 0 radical (unpaired) electrons. The normalized spacial score (nSPS) is 20.3. The molecule has 2 N–H and O–H groups in total. The van der Waals surface area contributed by atoms with E-state index in [9.17, 15) is 13.2 Å². The van der Waals surface area contributed by atoms with Crippen molar-refractivity contribution in [1.82, 2.24) is 4.72 Å². The fourth-order valence-electron chi connectivity index (χ4n) is 3.07. The second kappa shape index (κ2) is 8.33. The summed E-state index contributed by atoms with van der Waals surface area (Å²) in [7, 11) is -3.57. The van der Waals surface area contributed by atoms with Crippen molar-refractivity contribution in [1.29, 1.82) is 0 Å². The average Bonchev–Trinajstić information content (AvgIpc) is 2.63. The van der Waals surface area contributed by atoms with Crippen molar-refractivity contribution in [3.05, 3.63) is 60.7 Å². The van der Waals surface area contributed by atoms with E-state index in [1.807, 2.05) is 18.2 Å². The van der Waals surface area contributed by atoms with Crippen molar-refractivity contribution >= 4 is 21.8 Å². The van der Waals surface area contributed by atoms with Gasteiger partial charge < -0.3 is 4.74 Å². The summed E-state index contributed by atoms with van der Waals surface area (Å²) in [6, 6.07) is 17.1. The SMILES string of the molecule is O=C(Nc1ccccc1)OC1CCCC(NS(=O)(=O)c2ccccc2)C1. The largest absolute Gasteiger partial charge is 0.446 e. The summed E-state index contributed by atoms with van der Waals surface area (Å²) >= 11 is 0. The van der Waals surface area contributed by atoms with Crippen LogP contribution in [0.15, 0.2) is 65.6 Å². The second-order valence-electron chi connectivity index (χ2n) is 6.32. The van der Waals surface area contributed by atoms with Crippen LogP contribution in [-0.2, 0) is 14.8 Å². The van der Waals surface area contributed by atoms with Gasteiger partial charge in [0.2, 0.25) is 10.0 Å². The van der Waals surface area contributed by atoms with E-state index in [0.29, 0.717) is 12.1 Å². The van der Waals surface area contributed by atoms with Crippen LogP contribution in [0, 0.1) is 0 Å². The monoisotopic (exact) mass is 374 g/mol. The Kier molecular flexibility index (Phi) is 5.90. The third kappa shape index (κ3) is 5.06. The molecule has 1 aliphatic rings. The topological polar surface area (TPSA) is 84.5 Å². The maximum atomic E-state index is 12.4. The Labute approximate surface area is 153 Å². The van der Waals surface area contributed by atoms with Crippen LogP contribution in [0.3, 0.4) is 0 Å². The minimum absolute atomic E-state index is 0.241. The molecule has 0 aliphatic heterocycles. The molecular formula is C19H22N2O4S. The van der Waals surface area contributed by atoms with Crippen molar-refractivity contribution in [3.8, 4) is 0 Å². The van der Waals surface area contributed by atoms with Gasteiger partial charge in [-0.2, -0.15) is 0 Å². The van der Waals surface area contributed by atoms with Crippen LogP contribution in [0.1, 0.15) is 25.7 Å². The molecule has 6 nitrogen and oxygen atoms in total. The van der Waals surface area contributed by atoms with Crippen LogP contribution < -0.4 is 10.0 Å². The summed E-state index contributed by atoms with van der Waals surface area (Å²) in [5.41, 5.74) is 0.662.